The normalized spacial score (nSPS) is 24.3. The van der Waals surface area contributed by atoms with Crippen molar-refractivity contribution < 1.29 is 23.8 Å². The van der Waals surface area contributed by atoms with Crippen LogP contribution < -0.4 is 4.74 Å². The molecule has 0 radical (unpaired) electrons. The van der Waals surface area contributed by atoms with Crippen LogP contribution in [0.25, 0.3) is 0 Å². The van der Waals surface area contributed by atoms with E-state index < -0.39 is 24.1 Å². The molecule has 136 valence electrons. The highest BCUT2D eigenvalue weighted by Gasteiger charge is 2.46. The Morgan fingerprint density at radius 2 is 1.96 bits per heavy atom. The molecule has 2 fully saturated rings. The summed E-state index contributed by atoms with van der Waals surface area (Å²) in [6, 6.07) is 7.67. The second-order valence-electron chi connectivity index (χ2n) is 6.12. The van der Waals surface area contributed by atoms with Crippen molar-refractivity contribution in [3.8, 4) is 5.75 Å². The van der Waals surface area contributed by atoms with Gasteiger partial charge in [-0.05, 0) is 35.6 Å². The van der Waals surface area contributed by atoms with E-state index in [1.165, 1.54) is 28.4 Å². The zero-order chi connectivity index (χ0) is 17.9. The molecule has 0 spiro atoms. The Balaban J connectivity index is 1.50. The minimum absolute atomic E-state index is 0.0973. The molecule has 0 aromatic heterocycles. The maximum absolute atomic E-state index is 14.0. The number of halogens is 1. The Hall–Kier alpha value is -1.41. The molecule has 0 bridgehead atoms. The topological polar surface area (TPSA) is 66.8 Å². The van der Waals surface area contributed by atoms with Crippen LogP contribution in [-0.2, 0) is 9.59 Å². The van der Waals surface area contributed by atoms with E-state index in [9.17, 15) is 14.0 Å². The Bertz CT molecular complexity index is 636. The summed E-state index contributed by atoms with van der Waals surface area (Å²) in [5.74, 6) is 1.01. The number of amides is 1. The molecule has 1 aromatic rings. The van der Waals surface area contributed by atoms with Gasteiger partial charge in [0.15, 0.2) is 6.61 Å². The molecule has 2 heterocycles. The molecule has 1 aromatic carbocycles. The maximum Gasteiger partial charge on any atom is 0.343 e. The molecule has 3 rings (SSSR count). The van der Waals surface area contributed by atoms with Gasteiger partial charge in [-0.1, -0.05) is 12.1 Å². The largest absolute Gasteiger partial charge is 0.484 e. The molecule has 2 saturated heterocycles. The van der Waals surface area contributed by atoms with Gasteiger partial charge in [0.05, 0.1) is 11.1 Å². The van der Waals surface area contributed by atoms with Gasteiger partial charge in [-0.25, -0.2) is 9.18 Å². The number of nitrogens with zero attached hydrogens (tertiary/aromatic N) is 1. The molecular weight excluding hydrogens is 365 g/mol. The van der Waals surface area contributed by atoms with Crippen LogP contribution in [0.4, 0.5) is 4.39 Å². The summed E-state index contributed by atoms with van der Waals surface area (Å²) >= 11 is 3.87. The fraction of sp³-hybridized carbons (Fsp3) is 0.529. The number of hydrogen-bond acceptors (Lipinski definition) is 5. The second kappa shape index (κ2) is 7.86. The van der Waals surface area contributed by atoms with Crippen LogP contribution in [-0.4, -0.2) is 58.8 Å². The average Bonchev–Trinajstić information content (AvgIpc) is 3.05. The fourth-order valence-corrected chi connectivity index (χ4v) is 5.69. The number of carboxylic acid groups (broad SMARTS) is 1. The number of thioether (sulfide) groups is 2. The number of carbonyl (C=O) groups is 2. The highest BCUT2D eigenvalue weighted by molar-refractivity contribution is 8.16. The molecule has 0 aliphatic carbocycles. The van der Waals surface area contributed by atoms with Gasteiger partial charge in [0, 0.05) is 13.0 Å². The van der Waals surface area contributed by atoms with Gasteiger partial charge >= 0.3 is 5.97 Å². The summed E-state index contributed by atoms with van der Waals surface area (Å²) in [7, 11) is 0. The second-order valence-corrected chi connectivity index (χ2v) is 8.84. The Labute approximate surface area is 154 Å². The highest BCUT2D eigenvalue weighted by atomic mass is 32.2. The fourth-order valence-electron chi connectivity index (χ4n) is 2.80. The third kappa shape index (κ3) is 4.41. The lowest BCUT2D eigenvalue weighted by atomic mass is 10.1. The van der Waals surface area contributed by atoms with E-state index in [0.717, 1.165) is 0 Å². The minimum Gasteiger partial charge on any atom is -0.484 e. The van der Waals surface area contributed by atoms with Gasteiger partial charge in [-0.2, -0.15) is 0 Å². The molecular formula is C17H20FNO4S2. The number of alkyl halides is 1. The third-order valence-corrected chi connectivity index (χ3v) is 7.31. The molecule has 1 N–H and O–H groups in total. The van der Waals surface area contributed by atoms with Gasteiger partial charge in [0.25, 0.3) is 5.91 Å². The molecule has 8 heteroatoms. The lowest BCUT2D eigenvalue weighted by Gasteiger charge is -2.21. The van der Waals surface area contributed by atoms with Crippen molar-refractivity contribution in [2.24, 2.45) is 0 Å². The molecule has 1 amide bonds. The summed E-state index contributed by atoms with van der Waals surface area (Å²) < 4.78 is 19.9. The van der Waals surface area contributed by atoms with E-state index >= 15 is 0 Å². The summed E-state index contributed by atoms with van der Waals surface area (Å²) in [6.45, 7) is -0.540. The Morgan fingerprint density at radius 3 is 2.56 bits per heavy atom. The van der Waals surface area contributed by atoms with Crippen LogP contribution in [0.15, 0.2) is 24.3 Å². The molecule has 2 aliphatic rings. The van der Waals surface area contributed by atoms with Crippen molar-refractivity contribution in [1.82, 2.24) is 4.90 Å². The van der Waals surface area contributed by atoms with E-state index in [-0.39, 0.29) is 19.6 Å². The first-order valence-corrected chi connectivity index (χ1v) is 10.2. The minimum atomic E-state index is -2.34. The maximum atomic E-state index is 14.0. The number of rotatable bonds is 5. The standard InChI is InChI=1S/C17H20FNO4S2/c18-17(16(21)22)6-7-19(11-17)14(20)10-23-13-4-2-12(3-5-13)15-24-8-1-9-25-15/h2-5,15H,1,6-11H2,(H,21,22). The summed E-state index contributed by atoms with van der Waals surface area (Å²) in [5, 5.41) is 8.87. The van der Waals surface area contributed by atoms with E-state index in [1.807, 2.05) is 47.8 Å². The van der Waals surface area contributed by atoms with Crippen LogP contribution in [0, 0.1) is 0 Å². The van der Waals surface area contributed by atoms with Crippen LogP contribution in [0.2, 0.25) is 0 Å². The molecule has 5 nitrogen and oxygen atoms in total. The first-order valence-electron chi connectivity index (χ1n) is 8.14. The van der Waals surface area contributed by atoms with Gasteiger partial charge in [0.1, 0.15) is 5.75 Å². The van der Waals surface area contributed by atoms with Crippen LogP contribution in [0.3, 0.4) is 0 Å². The van der Waals surface area contributed by atoms with Crippen LogP contribution in [0.1, 0.15) is 23.0 Å². The zero-order valence-electron chi connectivity index (χ0n) is 13.7. The number of carboxylic acids is 1. The van der Waals surface area contributed by atoms with Crippen molar-refractivity contribution in [3.05, 3.63) is 29.8 Å². The SMILES string of the molecule is O=C(COc1ccc(C2SCCCS2)cc1)N1CCC(F)(C(=O)O)C1. The van der Waals surface area contributed by atoms with E-state index in [2.05, 4.69) is 0 Å². The molecule has 2 aliphatic heterocycles. The predicted octanol–water partition coefficient (Wildman–Crippen LogP) is 2.96. The molecule has 0 saturated carbocycles. The number of likely N-dealkylation sites (tertiary alicyclic amines) is 1. The lowest BCUT2D eigenvalue weighted by Crippen LogP contribution is -2.40. The van der Waals surface area contributed by atoms with Crippen molar-refractivity contribution in [2.75, 3.05) is 31.2 Å². The van der Waals surface area contributed by atoms with E-state index in [0.29, 0.717) is 10.3 Å². The summed E-state index contributed by atoms with van der Waals surface area (Å²) in [4.78, 5) is 24.2. The number of ether oxygens (including phenoxy) is 1. The highest BCUT2D eigenvalue weighted by Crippen LogP contribution is 2.43. The Morgan fingerprint density at radius 1 is 1.28 bits per heavy atom. The Kier molecular flexibility index (Phi) is 5.78. The monoisotopic (exact) mass is 385 g/mol. The predicted molar refractivity (Wildman–Crippen MR) is 96.9 cm³/mol. The number of benzene rings is 1. The van der Waals surface area contributed by atoms with Gasteiger partial charge in [0.2, 0.25) is 5.67 Å². The number of carbonyl (C=O) groups excluding carboxylic acids is 1. The van der Waals surface area contributed by atoms with E-state index in [4.69, 9.17) is 9.84 Å². The first-order chi connectivity index (χ1) is 12.0. The van der Waals surface area contributed by atoms with E-state index in [1.54, 1.807) is 0 Å². The van der Waals surface area contributed by atoms with Crippen LogP contribution in [0.5, 0.6) is 5.75 Å². The van der Waals surface area contributed by atoms with Gasteiger partial charge in [-0.3, -0.25) is 4.79 Å². The van der Waals surface area contributed by atoms with Gasteiger partial charge in [-0.15, -0.1) is 23.5 Å². The average molecular weight is 385 g/mol. The lowest BCUT2D eigenvalue weighted by molar-refractivity contribution is -0.150. The molecule has 1 unspecified atom stereocenters. The number of hydrogen-bond donors (Lipinski definition) is 1. The van der Waals surface area contributed by atoms with Crippen molar-refractivity contribution in [3.63, 3.8) is 0 Å². The summed E-state index contributed by atoms with van der Waals surface area (Å²) in [6.07, 6.45) is 1.06. The first kappa shape index (κ1) is 18.4. The van der Waals surface area contributed by atoms with Crippen molar-refractivity contribution in [2.45, 2.75) is 23.1 Å². The zero-order valence-corrected chi connectivity index (χ0v) is 15.3. The van der Waals surface area contributed by atoms with Crippen molar-refractivity contribution >= 4 is 35.4 Å². The molecule has 1 atom stereocenters. The summed E-state index contributed by atoms with van der Waals surface area (Å²) in [5.41, 5.74) is -1.11. The van der Waals surface area contributed by atoms with Crippen molar-refractivity contribution in [1.29, 1.82) is 0 Å². The molecule has 25 heavy (non-hydrogen) atoms. The number of aliphatic carboxylic acids is 1. The van der Waals surface area contributed by atoms with Gasteiger partial charge < -0.3 is 14.7 Å². The quantitative estimate of drug-likeness (QED) is 0.841. The smallest absolute Gasteiger partial charge is 0.343 e. The third-order valence-electron chi connectivity index (χ3n) is 4.30. The van der Waals surface area contributed by atoms with Crippen LogP contribution >= 0.6 is 23.5 Å².